The predicted molar refractivity (Wildman–Crippen MR) is 92.5 cm³/mol. The Labute approximate surface area is 141 Å². The highest BCUT2D eigenvalue weighted by molar-refractivity contribution is 6.30. The van der Waals surface area contributed by atoms with E-state index in [0.717, 1.165) is 16.7 Å². The van der Waals surface area contributed by atoms with E-state index < -0.39 is 12.1 Å². The molecule has 0 bridgehead atoms. The van der Waals surface area contributed by atoms with E-state index in [1.54, 1.807) is 6.07 Å². The largest absolute Gasteiger partial charge is 0.478 e. The molecule has 0 heterocycles. The summed E-state index contributed by atoms with van der Waals surface area (Å²) in [5.74, 6) is -0.0858. The first-order chi connectivity index (χ1) is 10.9. The van der Waals surface area contributed by atoms with Crippen LogP contribution in [0.5, 0.6) is 5.75 Å². The van der Waals surface area contributed by atoms with Gasteiger partial charge >= 0.3 is 5.97 Å². The molecule has 0 spiro atoms. The van der Waals surface area contributed by atoms with Gasteiger partial charge in [0.05, 0.1) is 0 Å². The van der Waals surface area contributed by atoms with Crippen LogP contribution >= 0.6 is 11.6 Å². The molecule has 0 amide bonds. The summed E-state index contributed by atoms with van der Waals surface area (Å²) in [6.45, 7) is 6.03. The number of para-hydroxylation sites is 1. The van der Waals surface area contributed by atoms with E-state index in [9.17, 15) is 9.90 Å². The van der Waals surface area contributed by atoms with Crippen molar-refractivity contribution in [2.45, 2.75) is 39.2 Å². The second kappa shape index (κ2) is 7.51. The summed E-state index contributed by atoms with van der Waals surface area (Å²) < 4.78 is 5.82. The average molecular weight is 333 g/mol. The summed E-state index contributed by atoms with van der Waals surface area (Å²) in [5.41, 5.74) is 2.89. The van der Waals surface area contributed by atoms with Crippen LogP contribution in [0.4, 0.5) is 0 Å². The topological polar surface area (TPSA) is 46.5 Å². The van der Waals surface area contributed by atoms with Gasteiger partial charge in [0.2, 0.25) is 0 Å². The quantitative estimate of drug-likeness (QED) is 0.822. The zero-order chi connectivity index (χ0) is 17.0. The first-order valence-corrected chi connectivity index (χ1v) is 7.99. The van der Waals surface area contributed by atoms with Crippen LogP contribution in [0.3, 0.4) is 0 Å². The van der Waals surface area contributed by atoms with Crippen molar-refractivity contribution >= 4 is 17.6 Å². The maximum Gasteiger partial charge on any atom is 0.345 e. The van der Waals surface area contributed by atoms with Crippen molar-refractivity contribution in [1.82, 2.24) is 0 Å². The molecule has 0 saturated carbocycles. The maximum absolute atomic E-state index is 11.6. The number of aliphatic carboxylic acids is 1. The van der Waals surface area contributed by atoms with Gasteiger partial charge in [-0.1, -0.05) is 49.7 Å². The third-order valence-electron chi connectivity index (χ3n) is 3.80. The average Bonchev–Trinajstić information content (AvgIpc) is 2.49. The molecular weight excluding hydrogens is 312 g/mol. The van der Waals surface area contributed by atoms with Gasteiger partial charge in [-0.05, 0) is 47.7 Å². The predicted octanol–water partition coefficient (Wildman–Crippen LogP) is 4.85. The molecule has 2 aromatic rings. The molecule has 0 fully saturated rings. The fourth-order valence-electron chi connectivity index (χ4n) is 2.49. The van der Waals surface area contributed by atoms with E-state index in [1.807, 2.05) is 43.3 Å². The molecule has 0 aliphatic heterocycles. The van der Waals surface area contributed by atoms with Gasteiger partial charge in [0.1, 0.15) is 5.75 Å². The van der Waals surface area contributed by atoms with Crippen LogP contribution in [0.1, 0.15) is 36.5 Å². The summed E-state index contributed by atoms with van der Waals surface area (Å²) in [6.07, 6.45) is -0.639. The lowest BCUT2D eigenvalue weighted by Gasteiger charge is -2.20. The lowest BCUT2D eigenvalue weighted by atomic mass is 10.0. The van der Waals surface area contributed by atoms with Gasteiger partial charge in [-0.2, -0.15) is 0 Å². The molecule has 122 valence electrons. The standard InChI is InChI=1S/C19H21ClO3/c1-12(2)16-6-4-5-7-17(16)23-18(19(21)22)11-14-8-9-15(20)10-13(14)3/h4-10,12,18H,11H2,1-3H3,(H,21,22)/t18-/m0/s1. The normalized spacial score (nSPS) is 12.2. The summed E-state index contributed by atoms with van der Waals surface area (Å²) >= 11 is 5.95. The van der Waals surface area contributed by atoms with Gasteiger partial charge in [-0.3, -0.25) is 0 Å². The molecule has 0 aliphatic carbocycles. The van der Waals surface area contributed by atoms with Crippen molar-refractivity contribution in [2.24, 2.45) is 0 Å². The van der Waals surface area contributed by atoms with Gasteiger partial charge in [-0.25, -0.2) is 4.79 Å². The Bertz CT molecular complexity index is 695. The third-order valence-corrected chi connectivity index (χ3v) is 4.03. The van der Waals surface area contributed by atoms with Gasteiger partial charge in [0.15, 0.2) is 6.10 Å². The van der Waals surface area contributed by atoms with E-state index in [2.05, 4.69) is 13.8 Å². The minimum absolute atomic E-state index is 0.262. The second-order valence-electron chi connectivity index (χ2n) is 5.91. The zero-order valence-corrected chi connectivity index (χ0v) is 14.3. The fraction of sp³-hybridized carbons (Fsp3) is 0.316. The number of halogens is 1. The van der Waals surface area contributed by atoms with Gasteiger partial charge in [0, 0.05) is 11.4 Å². The lowest BCUT2D eigenvalue weighted by Crippen LogP contribution is -2.30. The van der Waals surface area contributed by atoms with E-state index in [0.29, 0.717) is 17.2 Å². The SMILES string of the molecule is Cc1cc(Cl)ccc1C[C@H](Oc1ccccc1C(C)C)C(=O)O. The number of carboxylic acid groups (broad SMARTS) is 1. The number of carbonyl (C=O) groups is 1. The summed E-state index contributed by atoms with van der Waals surface area (Å²) in [7, 11) is 0. The van der Waals surface area contributed by atoms with Crippen molar-refractivity contribution in [3.8, 4) is 5.75 Å². The van der Waals surface area contributed by atoms with Crippen LogP contribution in [0, 0.1) is 6.92 Å². The maximum atomic E-state index is 11.6. The van der Waals surface area contributed by atoms with Crippen LogP contribution in [0.25, 0.3) is 0 Å². The Balaban J connectivity index is 2.25. The molecule has 0 aromatic heterocycles. The molecular formula is C19H21ClO3. The highest BCUT2D eigenvalue weighted by atomic mass is 35.5. The van der Waals surface area contributed by atoms with Crippen LogP contribution < -0.4 is 4.74 Å². The molecule has 2 aromatic carbocycles. The van der Waals surface area contributed by atoms with E-state index >= 15 is 0 Å². The number of hydrogen-bond donors (Lipinski definition) is 1. The van der Waals surface area contributed by atoms with E-state index in [4.69, 9.17) is 16.3 Å². The Kier molecular flexibility index (Phi) is 5.67. The Hall–Kier alpha value is -2.00. The molecule has 23 heavy (non-hydrogen) atoms. The Morgan fingerprint density at radius 3 is 2.52 bits per heavy atom. The lowest BCUT2D eigenvalue weighted by molar-refractivity contribution is -0.145. The Morgan fingerprint density at radius 1 is 1.22 bits per heavy atom. The highest BCUT2D eigenvalue weighted by Gasteiger charge is 2.22. The van der Waals surface area contributed by atoms with Crippen molar-refractivity contribution in [2.75, 3.05) is 0 Å². The first-order valence-electron chi connectivity index (χ1n) is 7.62. The zero-order valence-electron chi connectivity index (χ0n) is 13.5. The van der Waals surface area contributed by atoms with Gasteiger partial charge < -0.3 is 9.84 Å². The van der Waals surface area contributed by atoms with Crippen molar-refractivity contribution in [3.63, 3.8) is 0 Å². The summed E-state index contributed by atoms with van der Waals surface area (Å²) in [4.78, 5) is 11.6. The monoisotopic (exact) mass is 332 g/mol. The summed E-state index contributed by atoms with van der Waals surface area (Å²) in [5, 5.41) is 10.2. The number of aryl methyl sites for hydroxylation is 1. The molecule has 0 unspecified atom stereocenters. The van der Waals surface area contributed by atoms with Crippen LogP contribution in [0.2, 0.25) is 5.02 Å². The molecule has 1 atom stereocenters. The molecule has 0 radical (unpaired) electrons. The van der Waals surface area contributed by atoms with Gasteiger partial charge in [0.25, 0.3) is 0 Å². The van der Waals surface area contributed by atoms with E-state index in [-0.39, 0.29) is 5.92 Å². The number of benzene rings is 2. The Morgan fingerprint density at radius 2 is 1.91 bits per heavy atom. The van der Waals surface area contributed by atoms with Crippen LogP contribution in [0.15, 0.2) is 42.5 Å². The van der Waals surface area contributed by atoms with Crippen molar-refractivity contribution < 1.29 is 14.6 Å². The molecule has 4 heteroatoms. The van der Waals surface area contributed by atoms with Crippen LogP contribution in [-0.2, 0) is 11.2 Å². The number of ether oxygens (including phenoxy) is 1. The smallest absolute Gasteiger partial charge is 0.345 e. The number of hydrogen-bond acceptors (Lipinski definition) is 2. The minimum atomic E-state index is -0.974. The van der Waals surface area contributed by atoms with Gasteiger partial charge in [-0.15, -0.1) is 0 Å². The third kappa shape index (κ3) is 4.49. The second-order valence-corrected chi connectivity index (χ2v) is 6.35. The molecule has 0 saturated heterocycles. The number of carboxylic acids is 1. The first kappa shape index (κ1) is 17.4. The fourth-order valence-corrected chi connectivity index (χ4v) is 2.71. The van der Waals surface area contributed by atoms with Crippen molar-refractivity contribution in [3.05, 3.63) is 64.2 Å². The highest BCUT2D eigenvalue weighted by Crippen LogP contribution is 2.27. The molecule has 2 rings (SSSR count). The summed E-state index contributed by atoms with van der Waals surface area (Å²) in [6, 6.07) is 13.0. The molecule has 3 nitrogen and oxygen atoms in total. The molecule has 0 aliphatic rings. The van der Waals surface area contributed by atoms with E-state index in [1.165, 1.54) is 0 Å². The minimum Gasteiger partial charge on any atom is -0.478 e. The van der Waals surface area contributed by atoms with Crippen LogP contribution in [-0.4, -0.2) is 17.2 Å². The van der Waals surface area contributed by atoms with Crippen molar-refractivity contribution in [1.29, 1.82) is 0 Å². The molecule has 1 N–H and O–H groups in total. The number of rotatable bonds is 6.